The van der Waals surface area contributed by atoms with E-state index in [-0.39, 0.29) is 11.3 Å². The van der Waals surface area contributed by atoms with Crippen molar-refractivity contribution in [1.82, 2.24) is 10.7 Å². The summed E-state index contributed by atoms with van der Waals surface area (Å²) in [5.74, 6) is -2.95. The molecule has 0 aromatic heterocycles. The number of hydrogen-bond donors (Lipinski definition) is 5. The van der Waals surface area contributed by atoms with Crippen molar-refractivity contribution in [2.24, 2.45) is 5.10 Å². The van der Waals surface area contributed by atoms with E-state index in [9.17, 15) is 24.9 Å². The molecule has 0 spiro atoms. The van der Waals surface area contributed by atoms with Gasteiger partial charge in [-0.05, 0) is 35.9 Å². The van der Waals surface area contributed by atoms with E-state index >= 15 is 0 Å². The summed E-state index contributed by atoms with van der Waals surface area (Å²) in [5, 5.41) is 35.0. The first kappa shape index (κ1) is 21.1. The molecule has 0 atom stereocenters. The van der Waals surface area contributed by atoms with Crippen LogP contribution in [-0.4, -0.2) is 33.3 Å². The van der Waals surface area contributed by atoms with Gasteiger partial charge in [0.15, 0.2) is 11.5 Å². The third-order valence-corrected chi connectivity index (χ3v) is 4.17. The number of aromatic hydroxyl groups is 3. The highest BCUT2D eigenvalue weighted by atomic mass is 16.3. The lowest BCUT2D eigenvalue weighted by Crippen LogP contribution is -2.32. The molecule has 0 unspecified atom stereocenters. The fourth-order valence-corrected chi connectivity index (χ4v) is 2.57. The van der Waals surface area contributed by atoms with Gasteiger partial charge in [0.2, 0.25) is 5.75 Å². The van der Waals surface area contributed by atoms with Crippen molar-refractivity contribution in [3.8, 4) is 17.2 Å². The highest BCUT2D eigenvalue weighted by molar-refractivity contribution is 6.05. The summed E-state index contributed by atoms with van der Waals surface area (Å²) in [6.07, 6.45) is 2.58. The molecule has 0 aliphatic carbocycles. The summed E-state index contributed by atoms with van der Waals surface area (Å²) in [6, 6.07) is 19.8. The zero-order valence-corrected chi connectivity index (χ0v) is 16.2. The standard InChI is InChI=1S/C23H19N3O5/c27-19-12-11-17(20(28)21(19)29)14-24-26-23(31)18(13-15-7-3-1-4-8-15)25-22(30)16-9-5-2-6-10-16/h1-14,27-29H,(H,25,30)(H,26,31)/b18-13+,24-14+. The Hall–Kier alpha value is -4.59. The van der Waals surface area contributed by atoms with Crippen LogP contribution in [0.3, 0.4) is 0 Å². The quantitative estimate of drug-likeness (QED) is 0.182. The smallest absolute Gasteiger partial charge is 0.287 e. The highest BCUT2D eigenvalue weighted by Gasteiger charge is 2.14. The molecule has 3 aromatic carbocycles. The van der Waals surface area contributed by atoms with Gasteiger partial charge in [0, 0.05) is 11.1 Å². The zero-order chi connectivity index (χ0) is 22.2. The molecule has 31 heavy (non-hydrogen) atoms. The average molecular weight is 417 g/mol. The molecular weight excluding hydrogens is 398 g/mol. The summed E-state index contributed by atoms with van der Waals surface area (Å²) in [4.78, 5) is 25.2. The lowest BCUT2D eigenvalue weighted by molar-refractivity contribution is -0.117. The molecule has 0 saturated carbocycles. The minimum atomic E-state index is -0.702. The van der Waals surface area contributed by atoms with Gasteiger partial charge in [-0.25, -0.2) is 5.43 Å². The number of hydrogen-bond acceptors (Lipinski definition) is 6. The van der Waals surface area contributed by atoms with Gasteiger partial charge in [-0.15, -0.1) is 0 Å². The van der Waals surface area contributed by atoms with Gasteiger partial charge < -0.3 is 20.6 Å². The van der Waals surface area contributed by atoms with Crippen LogP contribution in [0.1, 0.15) is 21.5 Å². The fraction of sp³-hybridized carbons (Fsp3) is 0. The Balaban J connectivity index is 1.80. The number of nitrogens with one attached hydrogen (secondary N) is 2. The van der Waals surface area contributed by atoms with Gasteiger partial charge in [0.05, 0.1) is 6.21 Å². The summed E-state index contributed by atoms with van der Waals surface area (Å²) in [6.45, 7) is 0. The van der Waals surface area contributed by atoms with E-state index < -0.39 is 29.1 Å². The van der Waals surface area contributed by atoms with Gasteiger partial charge in [-0.3, -0.25) is 9.59 Å². The Morgan fingerprint density at radius 3 is 2.13 bits per heavy atom. The molecule has 156 valence electrons. The topological polar surface area (TPSA) is 131 Å². The second kappa shape index (κ2) is 9.75. The van der Waals surface area contributed by atoms with Crippen LogP contribution in [0.5, 0.6) is 17.2 Å². The molecule has 5 N–H and O–H groups in total. The molecule has 0 aliphatic rings. The van der Waals surface area contributed by atoms with Crippen LogP contribution in [0.15, 0.2) is 83.6 Å². The Labute approximate surface area is 177 Å². The second-order valence-corrected chi connectivity index (χ2v) is 6.36. The van der Waals surface area contributed by atoms with Crippen molar-refractivity contribution in [2.75, 3.05) is 0 Å². The largest absolute Gasteiger partial charge is 0.504 e. The number of carbonyl (C=O) groups is 2. The molecule has 0 saturated heterocycles. The number of rotatable bonds is 6. The SMILES string of the molecule is O=C(N/N=C/c1ccc(O)c(O)c1O)/C(=C\c1ccccc1)NC(=O)c1ccccc1. The van der Waals surface area contributed by atoms with E-state index in [1.54, 1.807) is 54.6 Å². The van der Waals surface area contributed by atoms with E-state index in [2.05, 4.69) is 15.8 Å². The summed E-state index contributed by atoms with van der Waals surface area (Å²) < 4.78 is 0. The molecule has 0 radical (unpaired) electrons. The first-order valence-corrected chi connectivity index (χ1v) is 9.16. The van der Waals surface area contributed by atoms with Gasteiger partial charge in [0.25, 0.3) is 11.8 Å². The van der Waals surface area contributed by atoms with Crippen molar-refractivity contribution in [3.63, 3.8) is 0 Å². The van der Waals surface area contributed by atoms with Gasteiger partial charge >= 0.3 is 0 Å². The Morgan fingerprint density at radius 2 is 1.45 bits per heavy atom. The molecule has 0 bridgehead atoms. The molecule has 2 amide bonds. The molecule has 0 aliphatic heterocycles. The number of phenolic OH excluding ortho intramolecular Hbond substituents is 3. The van der Waals surface area contributed by atoms with Crippen LogP contribution in [0.25, 0.3) is 6.08 Å². The van der Waals surface area contributed by atoms with E-state index in [0.717, 1.165) is 6.21 Å². The lowest BCUT2D eigenvalue weighted by atomic mass is 10.1. The Kier molecular flexibility index (Phi) is 6.64. The van der Waals surface area contributed by atoms with Crippen LogP contribution in [0.4, 0.5) is 0 Å². The van der Waals surface area contributed by atoms with Crippen molar-refractivity contribution in [1.29, 1.82) is 0 Å². The van der Waals surface area contributed by atoms with Gasteiger partial charge in [0.1, 0.15) is 5.70 Å². The number of phenols is 3. The van der Waals surface area contributed by atoms with Crippen LogP contribution in [0, 0.1) is 0 Å². The fourth-order valence-electron chi connectivity index (χ4n) is 2.57. The number of benzene rings is 3. The molecule has 0 fully saturated rings. The maximum atomic E-state index is 12.7. The van der Waals surface area contributed by atoms with E-state index in [1.807, 2.05) is 6.07 Å². The highest BCUT2D eigenvalue weighted by Crippen LogP contribution is 2.36. The molecule has 3 aromatic rings. The minimum Gasteiger partial charge on any atom is -0.504 e. The molecule has 3 rings (SSSR count). The summed E-state index contributed by atoms with van der Waals surface area (Å²) in [7, 11) is 0. The summed E-state index contributed by atoms with van der Waals surface area (Å²) in [5.41, 5.74) is 3.35. The van der Waals surface area contributed by atoms with Crippen LogP contribution < -0.4 is 10.7 Å². The number of amides is 2. The molecule has 8 nitrogen and oxygen atoms in total. The van der Waals surface area contributed by atoms with Crippen molar-refractivity contribution in [3.05, 3.63) is 95.2 Å². The maximum Gasteiger partial charge on any atom is 0.287 e. The average Bonchev–Trinajstić information content (AvgIpc) is 2.79. The van der Waals surface area contributed by atoms with Crippen molar-refractivity contribution in [2.45, 2.75) is 0 Å². The minimum absolute atomic E-state index is 0.0463. The third kappa shape index (κ3) is 5.48. The molecule has 0 heterocycles. The van der Waals surface area contributed by atoms with Crippen LogP contribution in [0.2, 0.25) is 0 Å². The number of hydrazone groups is 1. The van der Waals surface area contributed by atoms with Gasteiger partial charge in [-0.1, -0.05) is 48.5 Å². The Morgan fingerprint density at radius 1 is 0.806 bits per heavy atom. The van der Waals surface area contributed by atoms with Gasteiger partial charge in [-0.2, -0.15) is 5.10 Å². The second-order valence-electron chi connectivity index (χ2n) is 6.36. The van der Waals surface area contributed by atoms with E-state index in [4.69, 9.17) is 0 Å². The third-order valence-electron chi connectivity index (χ3n) is 4.17. The molecule has 8 heteroatoms. The first-order chi connectivity index (χ1) is 15.0. The zero-order valence-electron chi connectivity index (χ0n) is 16.2. The molecular formula is C23H19N3O5. The van der Waals surface area contributed by atoms with E-state index in [1.165, 1.54) is 18.2 Å². The lowest BCUT2D eigenvalue weighted by Gasteiger charge is -2.09. The van der Waals surface area contributed by atoms with Crippen LogP contribution >= 0.6 is 0 Å². The first-order valence-electron chi connectivity index (χ1n) is 9.16. The Bertz CT molecular complexity index is 1140. The predicted molar refractivity (Wildman–Crippen MR) is 116 cm³/mol. The number of nitrogens with zero attached hydrogens (tertiary/aromatic N) is 1. The monoisotopic (exact) mass is 417 g/mol. The summed E-state index contributed by atoms with van der Waals surface area (Å²) >= 11 is 0. The number of carbonyl (C=O) groups excluding carboxylic acids is 2. The van der Waals surface area contributed by atoms with Crippen molar-refractivity contribution >= 4 is 24.1 Å². The van der Waals surface area contributed by atoms with Crippen LogP contribution in [-0.2, 0) is 4.79 Å². The van der Waals surface area contributed by atoms with E-state index in [0.29, 0.717) is 11.1 Å². The predicted octanol–water partition coefficient (Wildman–Crippen LogP) is 2.72. The maximum absolute atomic E-state index is 12.7. The van der Waals surface area contributed by atoms with Crippen molar-refractivity contribution < 1.29 is 24.9 Å². The normalized spacial score (nSPS) is 11.3.